The minimum Gasteiger partial charge on any atom is -0.480 e. The lowest BCUT2D eigenvalue weighted by Crippen LogP contribution is -2.29. The van der Waals surface area contributed by atoms with E-state index in [9.17, 15) is 17.6 Å². The Labute approximate surface area is 200 Å². The Morgan fingerprint density at radius 3 is 2.62 bits per heavy atom. The molecule has 0 spiro atoms. The second-order valence-electron chi connectivity index (χ2n) is 6.62. The van der Waals surface area contributed by atoms with Crippen LogP contribution in [0.3, 0.4) is 0 Å². The first-order valence-electron chi connectivity index (χ1n) is 9.79. The lowest BCUT2D eigenvalue weighted by atomic mass is 10.2. The van der Waals surface area contributed by atoms with E-state index in [1.807, 2.05) is 0 Å². The maximum absolute atomic E-state index is 13.3. The van der Waals surface area contributed by atoms with Crippen LogP contribution in [0.2, 0.25) is 5.02 Å². The average Bonchev–Trinajstić information content (AvgIpc) is 2.83. The number of sulfonamides is 1. The normalized spacial score (nSPS) is 11.1. The van der Waals surface area contributed by atoms with Crippen LogP contribution in [0, 0.1) is 5.82 Å². The minimum absolute atomic E-state index is 0.0830. The molecule has 0 bridgehead atoms. The number of hydrogen-bond acceptors (Lipinski definition) is 9. The van der Waals surface area contributed by atoms with E-state index in [1.54, 1.807) is 12.1 Å². The molecule has 0 aliphatic carbocycles. The van der Waals surface area contributed by atoms with Gasteiger partial charge in [-0.1, -0.05) is 11.6 Å². The zero-order chi connectivity index (χ0) is 24.7. The minimum atomic E-state index is -3.98. The molecule has 1 amide bonds. The quantitative estimate of drug-likeness (QED) is 0.238. The van der Waals surface area contributed by atoms with E-state index in [0.29, 0.717) is 5.69 Å². The summed E-state index contributed by atoms with van der Waals surface area (Å²) in [7, 11) is -1.33. The van der Waals surface area contributed by atoms with Crippen molar-refractivity contribution in [2.75, 3.05) is 37.9 Å². The molecule has 0 saturated heterocycles. The van der Waals surface area contributed by atoms with Crippen LogP contribution in [0.5, 0.6) is 5.88 Å². The standard InChI is InChI=1S/C20H21ClFN7O4S/c1-23-34(31,32)20-28-16(11-17(29-20)27-15-6-5-12(22)10-14(15)21)24-8-9-25-18(30)13-4-3-7-26-19(13)33-2/h3-7,10-11,23H,8-9H2,1-2H3,(H,25,30)(H2,24,27,28,29). The predicted molar refractivity (Wildman–Crippen MR) is 125 cm³/mol. The van der Waals surface area contributed by atoms with Gasteiger partial charge < -0.3 is 20.7 Å². The van der Waals surface area contributed by atoms with Crippen molar-refractivity contribution in [2.24, 2.45) is 0 Å². The fourth-order valence-corrected chi connectivity index (χ4v) is 3.54. The second-order valence-corrected chi connectivity index (χ2v) is 8.81. The number of rotatable bonds is 10. The van der Waals surface area contributed by atoms with Crippen LogP contribution >= 0.6 is 11.6 Å². The summed E-state index contributed by atoms with van der Waals surface area (Å²) in [5.74, 6) is -0.450. The van der Waals surface area contributed by atoms with Crippen molar-refractivity contribution in [1.82, 2.24) is 25.0 Å². The summed E-state index contributed by atoms with van der Waals surface area (Å²) in [6.07, 6.45) is 1.51. The topological polar surface area (TPSA) is 147 Å². The van der Waals surface area contributed by atoms with Gasteiger partial charge in [-0.3, -0.25) is 4.79 Å². The van der Waals surface area contributed by atoms with Gasteiger partial charge in [0.1, 0.15) is 23.0 Å². The van der Waals surface area contributed by atoms with Gasteiger partial charge in [0.05, 0.1) is 17.8 Å². The lowest BCUT2D eigenvalue weighted by Gasteiger charge is -2.13. The van der Waals surface area contributed by atoms with Gasteiger partial charge in [0.25, 0.3) is 21.1 Å². The zero-order valence-corrected chi connectivity index (χ0v) is 19.7. The Bertz CT molecular complexity index is 1290. The van der Waals surface area contributed by atoms with Gasteiger partial charge in [-0.05, 0) is 37.4 Å². The molecule has 34 heavy (non-hydrogen) atoms. The predicted octanol–water partition coefficient (Wildman–Crippen LogP) is 2.17. The highest BCUT2D eigenvalue weighted by Gasteiger charge is 2.18. The number of hydrogen-bond donors (Lipinski definition) is 4. The molecular weight excluding hydrogens is 489 g/mol. The third-order valence-corrected chi connectivity index (χ3v) is 5.85. The first-order chi connectivity index (χ1) is 16.2. The lowest BCUT2D eigenvalue weighted by molar-refractivity contribution is 0.0951. The number of nitrogens with one attached hydrogen (secondary N) is 4. The number of nitrogens with zero attached hydrogens (tertiary/aromatic N) is 3. The summed E-state index contributed by atoms with van der Waals surface area (Å²) in [5.41, 5.74) is 0.593. The molecule has 2 aromatic heterocycles. The van der Waals surface area contributed by atoms with E-state index in [1.165, 1.54) is 38.6 Å². The number of carbonyl (C=O) groups excluding carboxylic acids is 1. The molecule has 0 saturated carbocycles. The van der Waals surface area contributed by atoms with Crippen molar-refractivity contribution < 1.29 is 22.3 Å². The van der Waals surface area contributed by atoms with Crippen LogP contribution in [0.25, 0.3) is 0 Å². The highest BCUT2D eigenvalue weighted by atomic mass is 35.5. The van der Waals surface area contributed by atoms with Crippen molar-refractivity contribution in [2.45, 2.75) is 5.16 Å². The highest BCUT2D eigenvalue weighted by Crippen LogP contribution is 2.26. The van der Waals surface area contributed by atoms with Crippen LogP contribution in [-0.2, 0) is 10.0 Å². The third-order valence-electron chi connectivity index (χ3n) is 4.33. The summed E-state index contributed by atoms with van der Waals surface area (Å²) in [4.78, 5) is 24.3. The number of aromatic nitrogens is 3. The van der Waals surface area contributed by atoms with E-state index >= 15 is 0 Å². The molecule has 0 aliphatic rings. The monoisotopic (exact) mass is 509 g/mol. The summed E-state index contributed by atoms with van der Waals surface area (Å²) >= 11 is 6.03. The number of anilines is 3. The number of carbonyl (C=O) groups is 1. The molecule has 0 atom stereocenters. The molecule has 4 N–H and O–H groups in total. The van der Waals surface area contributed by atoms with Crippen LogP contribution < -0.4 is 25.4 Å². The van der Waals surface area contributed by atoms with Crippen molar-refractivity contribution in [3.05, 3.63) is 59.0 Å². The maximum Gasteiger partial charge on any atom is 0.276 e. The van der Waals surface area contributed by atoms with Gasteiger partial charge >= 0.3 is 0 Å². The van der Waals surface area contributed by atoms with Gasteiger partial charge in [-0.15, -0.1) is 0 Å². The Kier molecular flexibility index (Phi) is 8.15. The van der Waals surface area contributed by atoms with Crippen LogP contribution in [0.1, 0.15) is 10.4 Å². The second kappa shape index (κ2) is 11.0. The van der Waals surface area contributed by atoms with E-state index in [4.69, 9.17) is 16.3 Å². The largest absolute Gasteiger partial charge is 0.480 e. The van der Waals surface area contributed by atoms with Gasteiger partial charge in [0.15, 0.2) is 0 Å². The number of halogens is 2. The molecule has 2 heterocycles. The molecular formula is C20H21ClFN7O4S. The molecule has 0 fully saturated rings. The Morgan fingerprint density at radius 1 is 1.15 bits per heavy atom. The van der Waals surface area contributed by atoms with E-state index in [-0.39, 0.29) is 47.1 Å². The Balaban J connectivity index is 1.73. The first-order valence-corrected chi connectivity index (χ1v) is 11.7. The fourth-order valence-electron chi connectivity index (χ4n) is 2.71. The summed E-state index contributed by atoms with van der Waals surface area (Å²) in [6, 6.07) is 8.32. The number of amides is 1. The average molecular weight is 510 g/mol. The van der Waals surface area contributed by atoms with Crippen LogP contribution in [0.4, 0.5) is 21.7 Å². The first kappa shape index (κ1) is 25.1. The molecule has 1 aromatic carbocycles. The SMILES string of the molecule is CNS(=O)(=O)c1nc(NCCNC(=O)c2cccnc2OC)cc(Nc2ccc(F)cc2Cl)n1. The maximum atomic E-state index is 13.3. The van der Waals surface area contributed by atoms with E-state index in [2.05, 4.69) is 35.6 Å². The molecule has 0 aliphatic heterocycles. The number of ether oxygens (including phenoxy) is 1. The highest BCUT2D eigenvalue weighted by molar-refractivity contribution is 7.89. The molecule has 3 rings (SSSR count). The van der Waals surface area contributed by atoms with Gasteiger partial charge in [-0.2, -0.15) is 9.97 Å². The summed E-state index contributed by atoms with van der Waals surface area (Å²) in [5, 5.41) is 8.07. The Hall–Kier alpha value is -3.55. The molecule has 14 heteroatoms. The molecule has 0 radical (unpaired) electrons. The number of methoxy groups -OCH3 is 1. The van der Waals surface area contributed by atoms with Crippen LogP contribution in [0.15, 0.2) is 47.8 Å². The third kappa shape index (κ3) is 6.27. The smallest absolute Gasteiger partial charge is 0.276 e. The summed E-state index contributed by atoms with van der Waals surface area (Å²) in [6.45, 7) is 0.392. The van der Waals surface area contributed by atoms with E-state index < -0.39 is 21.0 Å². The number of benzene rings is 1. The van der Waals surface area contributed by atoms with Crippen molar-refractivity contribution in [1.29, 1.82) is 0 Å². The molecule has 0 unspecified atom stereocenters. The summed E-state index contributed by atoms with van der Waals surface area (Å²) < 4.78 is 45.1. The number of pyridine rings is 1. The van der Waals surface area contributed by atoms with Gasteiger partial charge in [-0.25, -0.2) is 22.5 Å². The van der Waals surface area contributed by atoms with Gasteiger partial charge in [0.2, 0.25) is 5.88 Å². The fraction of sp³-hybridized carbons (Fsp3) is 0.200. The van der Waals surface area contributed by atoms with E-state index in [0.717, 1.165) is 6.07 Å². The zero-order valence-electron chi connectivity index (χ0n) is 18.1. The van der Waals surface area contributed by atoms with Crippen molar-refractivity contribution >= 4 is 44.9 Å². The van der Waals surface area contributed by atoms with Gasteiger partial charge in [0, 0.05) is 25.4 Å². The molecule has 180 valence electrons. The Morgan fingerprint density at radius 2 is 1.91 bits per heavy atom. The van der Waals surface area contributed by atoms with Crippen molar-refractivity contribution in [3.63, 3.8) is 0 Å². The molecule has 11 nitrogen and oxygen atoms in total. The molecule has 3 aromatic rings. The van der Waals surface area contributed by atoms with Crippen molar-refractivity contribution in [3.8, 4) is 5.88 Å². The van der Waals surface area contributed by atoms with Crippen LogP contribution in [-0.4, -0.2) is 56.5 Å².